The van der Waals surface area contributed by atoms with Crippen LogP contribution in [0.5, 0.6) is 0 Å². The van der Waals surface area contributed by atoms with Gasteiger partial charge in [0, 0.05) is 0 Å². The fourth-order valence-electron chi connectivity index (χ4n) is 1.37. The number of carboxylic acids is 1. The molecule has 1 rings (SSSR count). The summed E-state index contributed by atoms with van der Waals surface area (Å²) in [4.78, 5) is 22.8. The van der Waals surface area contributed by atoms with Crippen molar-refractivity contribution in [2.75, 3.05) is 6.61 Å². The first kappa shape index (κ1) is 14.8. The molecule has 0 saturated carbocycles. The number of carbonyl (C=O) groups excluding carboxylic acids is 1. The van der Waals surface area contributed by atoms with Gasteiger partial charge in [0.25, 0.3) is 0 Å². The molecule has 0 fully saturated rings. The van der Waals surface area contributed by atoms with Crippen molar-refractivity contribution in [3.8, 4) is 0 Å². The van der Waals surface area contributed by atoms with Crippen LogP contribution in [0.1, 0.15) is 34.6 Å². The molecule has 102 valence electrons. The highest BCUT2D eigenvalue weighted by Gasteiger charge is 2.17. The first-order chi connectivity index (χ1) is 9.06. The zero-order chi connectivity index (χ0) is 14.3. The SMILES string of the molecule is CC=COC(C)COC(=O)c1ccccc1C(=O)O. The summed E-state index contributed by atoms with van der Waals surface area (Å²) >= 11 is 0. The monoisotopic (exact) mass is 264 g/mol. The number of hydrogen-bond acceptors (Lipinski definition) is 4. The standard InChI is InChI=1S/C14H16O5/c1-3-8-18-10(2)9-19-14(17)12-7-5-4-6-11(12)13(15)16/h3-8,10H,9H2,1-2H3,(H,15,16). The van der Waals surface area contributed by atoms with Crippen molar-refractivity contribution in [2.45, 2.75) is 20.0 Å². The highest BCUT2D eigenvalue weighted by atomic mass is 16.6. The molecule has 19 heavy (non-hydrogen) atoms. The maximum atomic E-state index is 11.8. The molecule has 5 heteroatoms. The third kappa shape index (κ3) is 4.46. The number of aromatic carboxylic acids is 1. The van der Waals surface area contributed by atoms with Gasteiger partial charge in [-0.3, -0.25) is 0 Å². The van der Waals surface area contributed by atoms with E-state index in [1.54, 1.807) is 25.1 Å². The van der Waals surface area contributed by atoms with E-state index in [9.17, 15) is 9.59 Å². The van der Waals surface area contributed by atoms with Crippen LogP contribution >= 0.6 is 0 Å². The maximum absolute atomic E-state index is 11.8. The van der Waals surface area contributed by atoms with E-state index in [1.807, 2.05) is 6.92 Å². The Hall–Kier alpha value is -2.30. The van der Waals surface area contributed by atoms with Crippen LogP contribution in [-0.2, 0) is 9.47 Å². The molecular formula is C14H16O5. The topological polar surface area (TPSA) is 72.8 Å². The summed E-state index contributed by atoms with van der Waals surface area (Å²) in [6, 6.07) is 5.92. The number of ether oxygens (including phenoxy) is 2. The van der Waals surface area contributed by atoms with E-state index in [0.717, 1.165) is 0 Å². The molecule has 1 aromatic carbocycles. The van der Waals surface area contributed by atoms with Gasteiger partial charge in [-0.25, -0.2) is 9.59 Å². The molecule has 0 aliphatic heterocycles. The van der Waals surface area contributed by atoms with E-state index in [1.165, 1.54) is 18.4 Å². The molecule has 0 bridgehead atoms. The van der Waals surface area contributed by atoms with Crippen LogP contribution in [0.2, 0.25) is 0 Å². The van der Waals surface area contributed by atoms with Crippen LogP contribution in [0.25, 0.3) is 0 Å². The van der Waals surface area contributed by atoms with Gasteiger partial charge in [-0.2, -0.15) is 0 Å². The summed E-state index contributed by atoms with van der Waals surface area (Å²) in [6.07, 6.45) is 2.93. The Morgan fingerprint density at radius 1 is 1.32 bits per heavy atom. The maximum Gasteiger partial charge on any atom is 0.339 e. The van der Waals surface area contributed by atoms with Crippen molar-refractivity contribution in [1.82, 2.24) is 0 Å². The molecule has 5 nitrogen and oxygen atoms in total. The van der Waals surface area contributed by atoms with E-state index in [2.05, 4.69) is 0 Å². The van der Waals surface area contributed by atoms with Crippen molar-refractivity contribution in [3.05, 3.63) is 47.7 Å². The Bertz CT molecular complexity index is 478. The Labute approximate surface area is 111 Å². The zero-order valence-corrected chi connectivity index (χ0v) is 10.8. The average molecular weight is 264 g/mol. The summed E-state index contributed by atoms with van der Waals surface area (Å²) in [5, 5.41) is 8.97. The first-order valence-electron chi connectivity index (χ1n) is 5.82. The lowest BCUT2D eigenvalue weighted by atomic mass is 10.1. The molecule has 1 atom stereocenters. The molecule has 0 radical (unpaired) electrons. The molecule has 0 aliphatic carbocycles. The predicted octanol–water partition coefficient (Wildman–Crippen LogP) is 2.48. The third-order valence-electron chi connectivity index (χ3n) is 2.27. The minimum absolute atomic E-state index is 0.0354. The molecular weight excluding hydrogens is 248 g/mol. The minimum Gasteiger partial charge on any atom is -0.495 e. The van der Waals surface area contributed by atoms with Gasteiger partial charge in [-0.15, -0.1) is 0 Å². The van der Waals surface area contributed by atoms with E-state index in [-0.39, 0.29) is 23.8 Å². The summed E-state index contributed by atoms with van der Waals surface area (Å²) in [7, 11) is 0. The lowest BCUT2D eigenvalue weighted by molar-refractivity contribution is 0.0256. The van der Waals surface area contributed by atoms with Gasteiger partial charge < -0.3 is 14.6 Å². The van der Waals surface area contributed by atoms with Crippen molar-refractivity contribution in [1.29, 1.82) is 0 Å². The van der Waals surface area contributed by atoms with Crippen LogP contribution in [-0.4, -0.2) is 29.8 Å². The van der Waals surface area contributed by atoms with E-state index in [0.29, 0.717) is 0 Å². The van der Waals surface area contributed by atoms with Crippen molar-refractivity contribution in [3.63, 3.8) is 0 Å². The fraction of sp³-hybridized carbons (Fsp3) is 0.286. The minimum atomic E-state index is -1.16. The summed E-state index contributed by atoms with van der Waals surface area (Å²) < 4.78 is 10.2. The van der Waals surface area contributed by atoms with Gasteiger partial charge >= 0.3 is 11.9 Å². The number of benzene rings is 1. The largest absolute Gasteiger partial charge is 0.495 e. The number of carbonyl (C=O) groups is 2. The quantitative estimate of drug-likeness (QED) is 0.631. The molecule has 0 aliphatic rings. The van der Waals surface area contributed by atoms with Crippen LogP contribution in [0.15, 0.2) is 36.6 Å². The Morgan fingerprint density at radius 3 is 2.53 bits per heavy atom. The van der Waals surface area contributed by atoms with Gasteiger partial charge in [-0.05, 0) is 26.0 Å². The molecule has 0 spiro atoms. The average Bonchev–Trinajstić information content (AvgIpc) is 2.42. The smallest absolute Gasteiger partial charge is 0.339 e. The zero-order valence-electron chi connectivity index (χ0n) is 10.8. The molecule has 1 unspecified atom stereocenters. The highest BCUT2D eigenvalue weighted by Crippen LogP contribution is 2.10. The third-order valence-corrected chi connectivity index (χ3v) is 2.27. The molecule has 0 heterocycles. The van der Waals surface area contributed by atoms with E-state index >= 15 is 0 Å². The van der Waals surface area contributed by atoms with Crippen LogP contribution in [0.3, 0.4) is 0 Å². The number of allylic oxidation sites excluding steroid dienone is 1. The van der Waals surface area contributed by atoms with Gasteiger partial charge in [-0.1, -0.05) is 18.2 Å². The second-order valence-electron chi connectivity index (χ2n) is 3.87. The summed E-state index contributed by atoms with van der Waals surface area (Å²) in [5.74, 6) is -1.83. The van der Waals surface area contributed by atoms with Crippen molar-refractivity contribution >= 4 is 11.9 Å². The second-order valence-corrected chi connectivity index (χ2v) is 3.87. The number of esters is 1. The lowest BCUT2D eigenvalue weighted by Gasteiger charge is -2.12. The van der Waals surface area contributed by atoms with Gasteiger partial charge in [0.15, 0.2) is 0 Å². The van der Waals surface area contributed by atoms with Crippen molar-refractivity contribution < 1.29 is 24.2 Å². The second kappa shape index (κ2) is 7.20. The Balaban J connectivity index is 2.66. The lowest BCUT2D eigenvalue weighted by Crippen LogP contribution is -2.19. The Morgan fingerprint density at radius 2 is 1.95 bits per heavy atom. The molecule has 0 saturated heterocycles. The first-order valence-corrected chi connectivity index (χ1v) is 5.82. The molecule has 0 amide bonds. The van der Waals surface area contributed by atoms with Gasteiger partial charge in [0.1, 0.15) is 12.7 Å². The summed E-state index contributed by atoms with van der Waals surface area (Å²) in [5.41, 5.74) is -0.0391. The normalized spacial score (nSPS) is 12.1. The van der Waals surface area contributed by atoms with Crippen LogP contribution in [0.4, 0.5) is 0 Å². The number of carboxylic acid groups (broad SMARTS) is 1. The number of rotatable bonds is 6. The summed E-state index contributed by atoms with van der Waals surface area (Å²) in [6.45, 7) is 3.61. The van der Waals surface area contributed by atoms with E-state index < -0.39 is 11.9 Å². The number of hydrogen-bond donors (Lipinski definition) is 1. The van der Waals surface area contributed by atoms with Gasteiger partial charge in [0.2, 0.25) is 0 Å². The van der Waals surface area contributed by atoms with Crippen LogP contribution < -0.4 is 0 Å². The molecule has 0 aromatic heterocycles. The fourth-order valence-corrected chi connectivity index (χ4v) is 1.37. The highest BCUT2D eigenvalue weighted by molar-refractivity contribution is 6.02. The van der Waals surface area contributed by atoms with Gasteiger partial charge in [0.05, 0.1) is 17.4 Å². The Kier molecular flexibility index (Phi) is 5.60. The van der Waals surface area contributed by atoms with E-state index in [4.69, 9.17) is 14.6 Å². The predicted molar refractivity (Wildman–Crippen MR) is 69.0 cm³/mol. The van der Waals surface area contributed by atoms with Crippen molar-refractivity contribution in [2.24, 2.45) is 0 Å². The molecule has 1 aromatic rings. The van der Waals surface area contributed by atoms with Crippen LogP contribution in [0, 0.1) is 0 Å². The molecule has 1 N–H and O–H groups in total.